The van der Waals surface area contributed by atoms with Gasteiger partial charge in [0.25, 0.3) is 5.91 Å². The number of hydrogen-bond acceptors (Lipinski definition) is 7. The van der Waals surface area contributed by atoms with Gasteiger partial charge in [0.05, 0.1) is 36.9 Å². The molecule has 0 radical (unpaired) electrons. The first kappa shape index (κ1) is 25.1. The zero-order chi connectivity index (χ0) is 25.7. The van der Waals surface area contributed by atoms with Gasteiger partial charge in [-0.05, 0) is 30.2 Å². The number of carbonyl (C=O) groups excluding carboxylic acids is 1. The Morgan fingerprint density at radius 1 is 1.22 bits per heavy atom. The first-order valence-electron chi connectivity index (χ1n) is 11.2. The Morgan fingerprint density at radius 3 is 2.81 bits per heavy atom. The number of rotatable bonds is 10. The molecular weight excluding hydrogens is 477 g/mol. The fourth-order valence-electron chi connectivity index (χ4n) is 3.74. The number of anilines is 2. The molecule has 0 fully saturated rings. The second kappa shape index (κ2) is 10.7. The van der Waals surface area contributed by atoms with Crippen molar-refractivity contribution in [1.29, 1.82) is 0 Å². The lowest BCUT2D eigenvalue weighted by molar-refractivity contribution is -0.140. The zero-order valence-corrected chi connectivity index (χ0v) is 19.4. The van der Waals surface area contributed by atoms with Gasteiger partial charge in [-0.25, -0.2) is 9.97 Å². The summed E-state index contributed by atoms with van der Waals surface area (Å²) in [5.41, 5.74) is 6.84. The van der Waals surface area contributed by atoms with Gasteiger partial charge in [0.2, 0.25) is 0 Å². The lowest BCUT2D eigenvalue weighted by Crippen LogP contribution is -2.28. The lowest BCUT2D eigenvalue weighted by atomic mass is 10.0. The molecular formula is C23H25F3N8O2. The summed E-state index contributed by atoms with van der Waals surface area (Å²) in [6, 6.07) is 5.26. The quantitative estimate of drug-likeness (QED) is 0.245. The molecule has 0 saturated carbocycles. The van der Waals surface area contributed by atoms with E-state index in [-0.39, 0.29) is 17.2 Å². The number of aryl methyl sites for hydroxylation is 1. The van der Waals surface area contributed by atoms with Gasteiger partial charge in [0.15, 0.2) is 11.5 Å². The Labute approximate surface area is 204 Å². The molecule has 10 nitrogen and oxygen atoms in total. The van der Waals surface area contributed by atoms with Gasteiger partial charge in [0, 0.05) is 36.7 Å². The van der Waals surface area contributed by atoms with Gasteiger partial charge in [-0.15, -0.1) is 0 Å². The fraction of sp³-hybridized carbons (Fsp3) is 0.304. The monoisotopic (exact) mass is 502 g/mol. The number of nitrogens with one attached hydrogen (secondary N) is 3. The van der Waals surface area contributed by atoms with E-state index in [4.69, 9.17) is 10.5 Å². The number of benzene rings is 1. The molecule has 0 bridgehead atoms. The van der Waals surface area contributed by atoms with E-state index < -0.39 is 11.9 Å². The number of halogens is 3. The minimum atomic E-state index is -4.59. The molecule has 4 aromatic rings. The van der Waals surface area contributed by atoms with Crippen molar-refractivity contribution in [2.24, 2.45) is 5.73 Å². The van der Waals surface area contributed by atoms with Crippen LogP contribution in [0.15, 0.2) is 43.0 Å². The summed E-state index contributed by atoms with van der Waals surface area (Å²) in [6.07, 6.45) is 1.45. The summed E-state index contributed by atoms with van der Waals surface area (Å²) in [7, 11) is 0. The molecule has 13 heteroatoms. The first-order chi connectivity index (χ1) is 17.3. The molecule has 0 aliphatic heterocycles. The van der Waals surface area contributed by atoms with Crippen molar-refractivity contribution in [2.45, 2.75) is 19.5 Å². The number of nitrogens with zero attached hydrogens (tertiary/aromatic N) is 4. The second-order valence-electron chi connectivity index (χ2n) is 7.78. The lowest BCUT2D eigenvalue weighted by Gasteiger charge is -2.13. The molecule has 0 aliphatic carbocycles. The Kier molecular flexibility index (Phi) is 7.50. The highest BCUT2D eigenvalue weighted by Gasteiger charge is 2.36. The highest BCUT2D eigenvalue weighted by Crippen LogP contribution is 2.36. The Balaban J connectivity index is 1.56. The van der Waals surface area contributed by atoms with Crippen molar-refractivity contribution in [3.05, 3.63) is 59.8 Å². The SMILES string of the molecule is CCc1cc(Nc2nccn3c(-c4cn[nH]c4C(F)(F)F)cnc23)ccc1C(=O)NCCOCCN. The third-order valence-electron chi connectivity index (χ3n) is 5.41. The van der Waals surface area contributed by atoms with E-state index in [1.54, 1.807) is 12.1 Å². The number of H-pyrrole nitrogens is 1. The molecule has 0 unspecified atom stereocenters. The maximum Gasteiger partial charge on any atom is 0.433 e. The molecule has 1 aromatic carbocycles. The van der Waals surface area contributed by atoms with Gasteiger partial charge in [-0.3, -0.25) is 14.3 Å². The number of hydrogen-bond donors (Lipinski definition) is 4. The standard InChI is InChI=1S/C23H25F3N8O2/c1-2-14-11-15(3-4-16(14)22(35)29-7-10-36-9-5-27)32-20-21-30-13-18(34(21)8-6-28-20)17-12-31-33-19(17)23(24,25)26/h3-4,6,8,11-13H,2,5,7,9-10,27H2,1H3,(H,28,32)(H,29,35)(H,31,33). The van der Waals surface area contributed by atoms with Crippen LogP contribution in [0.2, 0.25) is 0 Å². The maximum atomic E-state index is 13.4. The predicted octanol–water partition coefficient (Wildman–Crippen LogP) is 3.15. The number of alkyl halides is 3. The van der Waals surface area contributed by atoms with Gasteiger partial charge < -0.3 is 21.1 Å². The second-order valence-corrected chi connectivity index (χ2v) is 7.78. The number of fused-ring (bicyclic) bond motifs is 1. The first-order valence-corrected chi connectivity index (χ1v) is 11.2. The van der Waals surface area contributed by atoms with Crippen LogP contribution >= 0.6 is 0 Å². The fourth-order valence-corrected chi connectivity index (χ4v) is 3.74. The van der Waals surface area contributed by atoms with Crippen LogP contribution in [0.5, 0.6) is 0 Å². The predicted molar refractivity (Wildman–Crippen MR) is 127 cm³/mol. The summed E-state index contributed by atoms with van der Waals surface area (Å²) in [6.45, 7) is 3.52. The molecule has 0 aliphatic rings. The number of carbonyl (C=O) groups is 1. The van der Waals surface area contributed by atoms with Crippen LogP contribution in [0.1, 0.15) is 28.5 Å². The van der Waals surface area contributed by atoms with E-state index in [0.29, 0.717) is 55.4 Å². The van der Waals surface area contributed by atoms with E-state index in [1.807, 2.05) is 18.1 Å². The number of aromatic nitrogens is 5. The van der Waals surface area contributed by atoms with Crippen LogP contribution in [0.25, 0.3) is 16.9 Å². The van der Waals surface area contributed by atoms with Crippen LogP contribution < -0.4 is 16.4 Å². The van der Waals surface area contributed by atoms with Gasteiger partial charge >= 0.3 is 6.18 Å². The molecule has 4 rings (SSSR count). The molecule has 1 amide bonds. The van der Waals surface area contributed by atoms with Crippen molar-refractivity contribution in [3.8, 4) is 11.3 Å². The molecule has 3 heterocycles. The Morgan fingerprint density at radius 2 is 2.06 bits per heavy atom. The van der Waals surface area contributed by atoms with Crippen molar-refractivity contribution >= 4 is 23.1 Å². The minimum absolute atomic E-state index is 0.121. The number of aromatic amines is 1. The van der Waals surface area contributed by atoms with Crippen molar-refractivity contribution in [3.63, 3.8) is 0 Å². The third kappa shape index (κ3) is 5.31. The van der Waals surface area contributed by atoms with Crippen LogP contribution in [0.4, 0.5) is 24.7 Å². The van der Waals surface area contributed by atoms with E-state index in [9.17, 15) is 18.0 Å². The van der Waals surface area contributed by atoms with Crippen LogP contribution in [-0.4, -0.2) is 56.8 Å². The van der Waals surface area contributed by atoms with Gasteiger partial charge in [-0.1, -0.05) is 6.92 Å². The highest BCUT2D eigenvalue weighted by molar-refractivity contribution is 5.96. The molecule has 0 saturated heterocycles. The van der Waals surface area contributed by atoms with Crippen molar-refractivity contribution in [2.75, 3.05) is 31.6 Å². The summed E-state index contributed by atoms with van der Waals surface area (Å²) in [5.74, 6) is 0.130. The largest absolute Gasteiger partial charge is 0.433 e. The molecule has 190 valence electrons. The number of imidazole rings is 1. The van der Waals surface area contributed by atoms with Gasteiger partial charge in [0.1, 0.15) is 5.69 Å². The zero-order valence-electron chi connectivity index (χ0n) is 19.4. The molecule has 0 atom stereocenters. The van der Waals surface area contributed by atoms with Crippen LogP contribution in [0.3, 0.4) is 0 Å². The minimum Gasteiger partial charge on any atom is -0.378 e. The Hall–Kier alpha value is -3.97. The van der Waals surface area contributed by atoms with Crippen molar-refractivity contribution < 1.29 is 22.7 Å². The van der Waals surface area contributed by atoms with E-state index in [2.05, 4.69) is 25.7 Å². The average molecular weight is 503 g/mol. The topological polar surface area (TPSA) is 135 Å². The molecule has 36 heavy (non-hydrogen) atoms. The normalized spacial score (nSPS) is 11.7. The number of amides is 1. The average Bonchev–Trinajstić information content (AvgIpc) is 3.51. The van der Waals surface area contributed by atoms with Crippen LogP contribution in [-0.2, 0) is 17.3 Å². The molecule has 0 spiro atoms. The highest BCUT2D eigenvalue weighted by atomic mass is 19.4. The smallest absolute Gasteiger partial charge is 0.378 e. The van der Waals surface area contributed by atoms with Crippen molar-refractivity contribution in [1.82, 2.24) is 29.9 Å². The van der Waals surface area contributed by atoms with E-state index >= 15 is 0 Å². The third-order valence-corrected chi connectivity index (χ3v) is 5.41. The van der Waals surface area contributed by atoms with Gasteiger partial charge in [-0.2, -0.15) is 18.3 Å². The summed E-state index contributed by atoms with van der Waals surface area (Å²) in [4.78, 5) is 21.2. The molecule has 3 aromatic heterocycles. The molecule has 5 N–H and O–H groups in total. The van der Waals surface area contributed by atoms with E-state index in [0.717, 1.165) is 11.8 Å². The number of nitrogens with two attached hydrogens (primary N) is 1. The maximum absolute atomic E-state index is 13.4. The summed E-state index contributed by atoms with van der Waals surface area (Å²) >= 11 is 0. The Bertz CT molecular complexity index is 1350. The summed E-state index contributed by atoms with van der Waals surface area (Å²) < 4.78 is 46.8. The summed E-state index contributed by atoms with van der Waals surface area (Å²) in [5, 5.41) is 11.5. The van der Waals surface area contributed by atoms with E-state index in [1.165, 1.54) is 23.0 Å². The van der Waals surface area contributed by atoms with Crippen LogP contribution in [0, 0.1) is 0 Å². The number of ether oxygens (including phenoxy) is 1.